The normalized spacial score (nSPS) is 11.8. The van der Waals surface area contributed by atoms with Gasteiger partial charge in [0.15, 0.2) is 6.10 Å². The molecule has 0 unspecified atom stereocenters. The lowest BCUT2D eigenvalue weighted by atomic mass is 10.1. The van der Waals surface area contributed by atoms with Crippen LogP contribution in [0.5, 0.6) is 0 Å². The molecule has 1 amide bonds. The average Bonchev–Trinajstić information content (AvgIpc) is 2.67. The second kappa shape index (κ2) is 7.86. The van der Waals surface area contributed by atoms with Gasteiger partial charge in [-0.25, -0.2) is 9.59 Å². The number of ether oxygens (including phenoxy) is 1. The van der Waals surface area contributed by atoms with Gasteiger partial charge >= 0.3 is 11.6 Å². The lowest BCUT2D eigenvalue weighted by Gasteiger charge is -2.13. The van der Waals surface area contributed by atoms with Gasteiger partial charge in [-0.3, -0.25) is 4.79 Å². The third kappa shape index (κ3) is 4.23. The SMILES string of the molecule is CCc1ccc(NC(=O)[C@@H](C)OC(=O)c2cc3ccccc3oc2=O)cc1. The van der Waals surface area contributed by atoms with Crippen LogP contribution >= 0.6 is 0 Å². The summed E-state index contributed by atoms with van der Waals surface area (Å²) < 4.78 is 10.3. The number of hydrogen-bond donors (Lipinski definition) is 1. The second-order valence-electron chi connectivity index (χ2n) is 6.07. The van der Waals surface area contributed by atoms with E-state index < -0.39 is 23.6 Å². The third-order valence-corrected chi connectivity index (χ3v) is 4.14. The van der Waals surface area contributed by atoms with Crippen LogP contribution in [0.4, 0.5) is 5.69 Å². The molecule has 0 spiro atoms. The standard InChI is InChI=1S/C21H19NO5/c1-3-14-8-10-16(11-9-14)22-19(23)13(2)26-20(24)17-12-15-6-4-5-7-18(15)27-21(17)25/h4-13H,3H2,1-2H3,(H,22,23)/t13-/m1/s1. The number of para-hydroxylation sites is 1. The van der Waals surface area contributed by atoms with Crippen LogP contribution in [-0.2, 0) is 16.0 Å². The van der Waals surface area contributed by atoms with Gasteiger partial charge in [0.1, 0.15) is 11.1 Å². The summed E-state index contributed by atoms with van der Waals surface area (Å²) in [7, 11) is 0. The second-order valence-corrected chi connectivity index (χ2v) is 6.07. The Labute approximate surface area is 155 Å². The van der Waals surface area contributed by atoms with Crippen molar-refractivity contribution in [3.8, 4) is 0 Å². The predicted molar refractivity (Wildman–Crippen MR) is 102 cm³/mol. The molecule has 0 bridgehead atoms. The van der Waals surface area contributed by atoms with Crippen molar-refractivity contribution in [3.63, 3.8) is 0 Å². The largest absolute Gasteiger partial charge is 0.449 e. The quantitative estimate of drug-likeness (QED) is 0.552. The summed E-state index contributed by atoms with van der Waals surface area (Å²) in [6, 6.07) is 15.6. The number of hydrogen-bond acceptors (Lipinski definition) is 5. The first-order valence-electron chi connectivity index (χ1n) is 8.61. The summed E-state index contributed by atoms with van der Waals surface area (Å²) in [6.07, 6.45) is -0.175. The van der Waals surface area contributed by atoms with Gasteiger partial charge in [0.25, 0.3) is 5.91 Å². The Kier molecular flexibility index (Phi) is 5.35. The van der Waals surface area contributed by atoms with Gasteiger partial charge < -0.3 is 14.5 Å². The summed E-state index contributed by atoms with van der Waals surface area (Å²) in [5.41, 5.74) is 1.07. The zero-order valence-corrected chi connectivity index (χ0v) is 15.0. The van der Waals surface area contributed by atoms with Crippen LogP contribution in [0.3, 0.4) is 0 Å². The van der Waals surface area contributed by atoms with E-state index >= 15 is 0 Å². The topological polar surface area (TPSA) is 85.6 Å². The van der Waals surface area contributed by atoms with Gasteiger partial charge in [-0.15, -0.1) is 0 Å². The fourth-order valence-corrected chi connectivity index (χ4v) is 2.55. The van der Waals surface area contributed by atoms with Crippen LogP contribution in [0.25, 0.3) is 11.0 Å². The Morgan fingerprint density at radius 1 is 1.11 bits per heavy atom. The van der Waals surface area contributed by atoms with E-state index in [1.165, 1.54) is 13.0 Å². The van der Waals surface area contributed by atoms with E-state index in [4.69, 9.17) is 9.15 Å². The molecule has 1 aromatic heterocycles. The Morgan fingerprint density at radius 2 is 1.81 bits per heavy atom. The Bertz CT molecular complexity index is 1040. The first kappa shape index (κ1) is 18.4. The molecule has 3 rings (SSSR count). The van der Waals surface area contributed by atoms with Crippen molar-refractivity contribution in [2.75, 3.05) is 5.32 Å². The van der Waals surface area contributed by atoms with Gasteiger partial charge in [0, 0.05) is 11.1 Å². The van der Waals surface area contributed by atoms with E-state index in [-0.39, 0.29) is 5.56 Å². The predicted octanol–water partition coefficient (Wildman–Crippen LogP) is 3.54. The fraction of sp³-hybridized carbons (Fsp3) is 0.190. The van der Waals surface area contributed by atoms with Gasteiger partial charge in [-0.05, 0) is 43.2 Å². The van der Waals surface area contributed by atoms with Crippen molar-refractivity contribution in [2.24, 2.45) is 0 Å². The first-order chi connectivity index (χ1) is 13.0. The van der Waals surface area contributed by atoms with Crippen molar-refractivity contribution in [1.29, 1.82) is 0 Å². The fourth-order valence-electron chi connectivity index (χ4n) is 2.55. The van der Waals surface area contributed by atoms with Crippen LogP contribution in [-0.4, -0.2) is 18.0 Å². The number of esters is 1. The van der Waals surface area contributed by atoms with Crippen molar-refractivity contribution < 1.29 is 18.7 Å². The maximum Gasteiger partial charge on any atom is 0.351 e. The Hall–Kier alpha value is -3.41. The summed E-state index contributed by atoms with van der Waals surface area (Å²) in [5.74, 6) is -1.39. The van der Waals surface area contributed by atoms with Crippen molar-refractivity contribution in [3.05, 3.63) is 76.1 Å². The highest BCUT2D eigenvalue weighted by molar-refractivity contribution is 5.98. The Morgan fingerprint density at radius 3 is 2.52 bits per heavy atom. The maximum absolute atomic E-state index is 12.3. The lowest BCUT2D eigenvalue weighted by Crippen LogP contribution is -2.31. The van der Waals surface area contributed by atoms with Gasteiger partial charge in [-0.2, -0.15) is 0 Å². The summed E-state index contributed by atoms with van der Waals surface area (Å²) in [5, 5.41) is 3.27. The molecule has 1 N–H and O–H groups in total. The third-order valence-electron chi connectivity index (χ3n) is 4.14. The number of nitrogens with one attached hydrogen (secondary N) is 1. The van der Waals surface area contributed by atoms with Crippen LogP contribution in [0.15, 0.2) is 63.8 Å². The van der Waals surface area contributed by atoms with E-state index in [9.17, 15) is 14.4 Å². The molecule has 0 aliphatic carbocycles. The van der Waals surface area contributed by atoms with E-state index in [1.807, 2.05) is 19.1 Å². The minimum absolute atomic E-state index is 0.249. The highest BCUT2D eigenvalue weighted by atomic mass is 16.5. The number of anilines is 1. The Balaban J connectivity index is 1.70. The number of benzene rings is 2. The number of carbonyl (C=O) groups is 2. The van der Waals surface area contributed by atoms with Crippen molar-refractivity contribution >= 4 is 28.5 Å². The molecular formula is C21H19NO5. The molecule has 0 saturated carbocycles. The molecule has 0 aliphatic rings. The maximum atomic E-state index is 12.3. The minimum atomic E-state index is -1.07. The summed E-state index contributed by atoms with van der Waals surface area (Å²) in [6.45, 7) is 3.48. The summed E-state index contributed by atoms with van der Waals surface area (Å²) in [4.78, 5) is 36.5. The average molecular weight is 365 g/mol. The van der Waals surface area contributed by atoms with Crippen molar-refractivity contribution in [1.82, 2.24) is 0 Å². The monoisotopic (exact) mass is 365 g/mol. The number of carbonyl (C=O) groups excluding carboxylic acids is 2. The molecule has 6 heteroatoms. The molecule has 0 fully saturated rings. The van der Waals surface area contributed by atoms with Crippen molar-refractivity contribution in [2.45, 2.75) is 26.4 Å². The van der Waals surface area contributed by atoms with E-state index in [1.54, 1.807) is 36.4 Å². The van der Waals surface area contributed by atoms with Gasteiger partial charge in [0.2, 0.25) is 0 Å². The molecule has 1 heterocycles. The molecule has 2 aromatic carbocycles. The minimum Gasteiger partial charge on any atom is -0.449 e. The van der Waals surface area contributed by atoms with E-state index in [0.29, 0.717) is 16.7 Å². The summed E-state index contributed by atoms with van der Waals surface area (Å²) >= 11 is 0. The molecule has 138 valence electrons. The number of rotatable bonds is 5. The van der Waals surface area contributed by atoms with Crippen LogP contribution in [0, 0.1) is 0 Å². The molecule has 27 heavy (non-hydrogen) atoms. The molecule has 0 radical (unpaired) electrons. The van der Waals surface area contributed by atoms with Crippen LogP contribution in [0.2, 0.25) is 0 Å². The zero-order chi connectivity index (χ0) is 19.4. The highest BCUT2D eigenvalue weighted by Crippen LogP contribution is 2.14. The number of fused-ring (bicyclic) bond motifs is 1. The molecule has 0 aliphatic heterocycles. The molecular weight excluding hydrogens is 346 g/mol. The van der Waals surface area contributed by atoms with Gasteiger partial charge in [0.05, 0.1) is 0 Å². The van der Waals surface area contributed by atoms with Gasteiger partial charge in [-0.1, -0.05) is 37.3 Å². The number of aryl methyl sites for hydroxylation is 1. The van der Waals surface area contributed by atoms with Crippen LogP contribution < -0.4 is 10.9 Å². The smallest absolute Gasteiger partial charge is 0.351 e. The lowest BCUT2D eigenvalue weighted by molar-refractivity contribution is -0.123. The van der Waals surface area contributed by atoms with E-state index in [0.717, 1.165) is 12.0 Å². The molecule has 0 saturated heterocycles. The highest BCUT2D eigenvalue weighted by Gasteiger charge is 2.22. The first-order valence-corrected chi connectivity index (χ1v) is 8.61. The molecule has 1 atom stereocenters. The molecule has 6 nitrogen and oxygen atoms in total. The van der Waals surface area contributed by atoms with E-state index in [2.05, 4.69) is 5.32 Å². The molecule has 3 aromatic rings. The van der Waals surface area contributed by atoms with Crippen LogP contribution in [0.1, 0.15) is 29.8 Å². The number of amides is 1. The zero-order valence-electron chi connectivity index (χ0n) is 15.0.